The normalized spacial score (nSPS) is 13.2. The van der Waals surface area contributed by atoms with Crippen LogP contribution >= 0.6 is 0 Å². The highest BCUT2D eigenvalue weighted by molar-refractivity contribution is 6.69. The van der Waals surface area contributed by atoms with Crippen LogP contribution < -0.4 is 0 Å². The van der Waals surface area contributed by atoms with Crippen molar-refractivity contribution in [1.82, 2.24) is 4.98 Å². The zero-order valence-electron chi connectivity index (χ0n) is 10.8. The van der Waals surface area contributed by atoms with Crippen molar-refractivity contribution in [3.05, 3.63) is 42.1 Å². The number of hydrogen-bond donors (Lipinski definition) is 0. The molecule has 0 aliphatic rings. The molecule has 2 rings (SSSR count). The van der Waals surface area contributed by atoms with E-state index in [9.17, 15) is 5.26 Å². The lowest BCUT2D eigenvalue weighted by molar-refractivity contribution is 0.256. The first-order chi connectivity index (χ1) is 8.51. The third-order valence-corrected chi connectivity index (χ3v) is 3.48. The first kappa shape index (κ1) is 12.7. The monoisotopic (exact) mass is 256 g/mol. The van der Waals surface area contributed by atoms with Crippen LogP contribution in [0.15, 0.2) is 36.5 Å². The highest BCUT2D eigenvalue weighted by atomic mass is 28.4. The van der Waals surface area contributed by atoms with Gasteiger partial charge in [-0.2, -0.15) is 5.26 Å². The number of benzene rings is 1. The van der Waals surface area contributed by atoms with E-state index < -0.39 is 14.4 Å². The van der Waals surface area contributed by atoms with E-state index in [1.807, 2.05) is 30.3 Å². The van der Waals surface area contributed by atoms with Crippen molar-refractivity contribution in [3.8, 4) is 6.07 Å². The summed E-state index contributed by atoms with van der Waals surface area (Å²) in [5.41, 5.74) is 1.71. The molecule has 0 saturated carbocycles. The molecule has 0 aliphatic carbocycles. The number of nitriles is 1. The standard InChI is InChI=1S/C14H16N2OSi/c1-18(2,3)17-13(10-15)12-8-4-6-11-7-5-9-16-14(11)12/h4-9,13H,1-3H3. The van der Waals surface area contributed by atoms with Gasteiger partial charge in [-0.25, -0.2) is 0 Å². The van der Waals surface area contributed by atoms with Crippen LogP contribution in [0.25, 0.3) is 10.9 Å². The summed E-state index contributed by atoms with van der Waals surface area (Å²) in [7, 11) is -1.76. The second kappa shape index (κ2) is 4.89. The highest BCUT2D eigenvalue weighted by Gasteiger charge is 2.23. The number of para-hydroxylation sites is 1. The minimum absolute atomic E-state index is 0.532. The van der Waals surface area contributed by atoms with Gasteiger partial charge in [0, 0.05) is 17.1 Å². The maximum atomic E-state index is 9.32. The molecule has 1 unspecified atom stereocenters. The topological polar surface area (TPSA) is 45.9 Å². The fraction of sp³-hybridized carbons (Fsp3) is 0.286. The van der Waals surface area contributed by atoms with Crippen molar-refractivity contribution < 1.29 is 4.43 Å². The second-order valence-electron chi connectivity index (χ2n) is 5.16. The van der Waals surface area contributed by atoms with Crippen molar-refractivity contribution in [2.75, 3.05) is 0 Å². The van der Waals surface area contributed by atoms with Crippen molar-refractivity contribution in [3.63, 3.8) is 0 Å². The molecule has 2 aromatic rings. The van der Waals surface area contributed by atoms with Crippen LogP contribution in [0.4, 0.5) is 0 Å². The first-order valence-electron chi connectivity index (χ1n) is 5.92. The lowest BCUT2D eigenvalue weighted by Crippen LogP contribution is -2.27. The smallest absolute Gasteiger partial charge is 0.186 e. The van der Waals surface area contributed by atoms with E-state index in [2.05, 4.69) is 30.7 Å². The van der Waals surface area contributed by atoms with Crippen LogP contribution in [0.5, 0.6) is 0 Å². The van der Waals surface area contributed by atoms with Crippen molar-refractivity contribution >= 4 is 19.2 Å². The van der Waals surface area contributed by atoms with Crippen LogP contribution in [0, 0.1) is 11.3 Å². The van der Waals surface area contributed by atoms with Gasteiger partial charge in [-0.15, -0.1) is 0 Å². The van der Waals surface area contributed by atoms with Gasteiger partial charge in [0.05, 0.1) is 11.6 Å². The van der Waals surface area contributed by atoms with Gasteiger partial charge in [0.25, 0.3) is 0 Å². The third kappa shape index (κ3) is 2.75. The maximum Gasteiger partial charge on any atom is 0.186 e. The van der Waals surface area contributed by atoms with E-state index in [0.717, 1.165) is 16.5 Å². The fourth-order valence-corrected chi connectivity index (χ4v) is 2.74. The number of aromatic nitrogens is 1. The van der Waals surface area contributed by atoms with Gasteiger partial charge in [0.1, 0.15) is 0 Å². The average Bonchev–Trinajstić information content (AvgIpc) is 2.34. The number of rotatable bonds is 3. The van der Waals surface area contributed by atoms with Crippen molar-refractivity contribution in [2.45, 2.75) is 25.7 Å². The fourth-order valence-electron chi connectivity index (χ4n) is 1.85. The summed E-state index contributed by atoms with van der Waals surface area (Å²) in [6.45, 7) is 6.24. The van der Waals surface area contributed by atoms with Gasteiger partial charge in [-0.05, 0) is 25.7 Å². The minimum Gasteiger partial charge on any atom is -0.399 e. The van der Waals surface area contributed by atoms with Crippen LogP contribution in [0.3, 0.4) is 0 Å². The minimum atomic E-state index is -1.76. The van der Waals surface area contributed by atoms with Crippen LogP contribution in [0.2, 0.25) is 19.6 Å². The molecule has 3 nitrogen and oxygen atoms in total. The Hall–Kier alpha value is -1.70. The Kier molecular flexibility index (Phi) is 3.46. The van der Waals surface area contributed by atoms with Gasteiger partial charge in [-0.1, -0.05) is 24.3 Å². The average molecular weight is 256 g/mol. The Labute approximate surface area is 108 Å². The number of pyridine rings is 1. The molecule has 0 amide bonds. The Morgan fingerprint density at radius 1 is 1.22 bits per heavy atom. The molecule has 1 aromatic heterocycles. The molecule has 0 N–H and O–H groups in total. The van der Waals surface area contributed by atoms with E-state index in [1.54, 1.807) is 6.20 Å². The van der Waals surface area contributed by atoms with Gasteiger partial charge in [0.15, 0.2) is 14.4 Å². The summed E-state index contributed by atoms with van der Waals surface area (Å²) in [6, 6.07) is 12.0. The number of fused-ring (bicyclic) bond motifs is 1. The molecule has 18 heavy (non-hydrogen) atoms. The van der Waals surface area contributed by atoms with Crippen LogP contribution in [-0.4, -0.2) is 13.3 Å². The molecule has 1 aromatic carbocycles. The summed E-state index contributed by atoms with van der Waals surface area (Å²) in [5.74, 6) is 0. The van der Waals surface area contributed by atoms with Gasteiger partial charge in [-0.3, -0.25) is 4.98 Å². The molecular formula is C14H16N2OSi. The molecule has 1 heterocycles. The van der Waals surface area contributed by atoms with Crippen molar-refractivity contribution in [2.24, 2.45) is 0 Å². The van der Waals surface area contributed by atoms with Gasteiger partial charge < -0.3 is 4.43 Å². The SMILES string of the molecule is C[Si](C)(C)OC(C#N)c1cccc2cccnc12. The summed E-state index contributed by atoms with van der Waals surface area (Å²) in [6.07, 6.45) is 1.21. The van der Waals surface area contributed by atoms with E-state index in [1.165, 1.54) is 0 Å². The van der Waals surface area contributed by atoms with E-state index in [0.29, 0.717) is 0 Å². The van der Waals surface area contributed by atoms with Crippen molar-refractivity contribution in [1.29, 1.82) is 5.26 Å². The summed E-state index contributed by atoms with van der Waals surface area (Å²) in [5, 5.41) is 10.4. The lowest BCUT2D eigenvalue weighted by Gasteiger charge is -2.22. The molecule has 0 radical (unpaired) electrons. The molecule has 0 aliphatic heterocycles. The van der Waals surface area contributed by atoms with Crippen LogP contribution in [-0.2, 0) is 4.43 Å². The maximum absolute atomic E-state index is 9.32. The predicted molar refractivity (Wildman–Crippen MR) is 74.5 cm³/mol. The second-order valence-corrected chi connectivity index (χ2v) is 9.62. The molecule has 4 heteroatoms. The molecule has 0 fully saturated rings. The summed E-state index contributed by atoms with van der Waals surface area (Å²) < 4.78 is 5.92. The number of nitrogens with zero attached hydrogens (tertiary/aromatic N) is 2. The highest BCUT2D eigenvalue weighted by Crippen LogP contribution is 2.27. The Balaban J connectivity index is 2.49. The van der Waals surface area contributed by atoms with E-state index in [4.69, 9.17) is 4.43 Å². The Morgan fingerprint density at radius 2 is 1.94 bits per heavy atom. The Morgan fingerprint density at radius 3 is 2.61 bits per heavy atom. The quantitative estimate of drug-likeness (QED) is 0.787. The van der Waals surface area contributed by atoms with E-state index >= 15 is 0 Å². The summed E-state index contributed by atoms with van der Waals surface area (Å²) in [4.78, 5) is 4.36. The lowest BCUT2D eigenvalue weighted by atomic mass is 10.1. The molecule has 0 bridgehead atoms. The molecular weight excluding hydrogens is 240 g/mol. The first-order valence-corrected chi connectivity index (χ1v) is 9.33. The zero-order valence-corrected chi connectivity index (χ0v) is 11.8. The zero-order chi connectivity index (χ0) is 13.2. The molecule has 92 valence electrons. The largest absolute Gasteiger partial charge is 0.399 e. The Bertz CT molecular complexity index is 593. The molecule has 0 spiro atoms. The number of hydrogen-bond acceptors (Lipinski definition) is 3. The van der Waals surface area contributed by atoms with Crippen LogP contribution in [0.1, 0.15) is 11.7 Å². The third-order valence-electron chi connectivity index (χ3n) is 2.54. The van der Waals surface area contributed by atoms with Gasteiger partial charge in [0.2, 0.25) is 0 Å². The van der Waals surface area contributed by atoms with Gasteiger partial charge >= 0.3 is 0 Å². The molecule has 0 saturated heterocycles. The van der Waals surface area contributed by atoms with E-state index in [-0.39, 0.29) is 0 Å². The predicted octanol–water partition coefficient (Wildman–Crippen LogP) is 3.65. The summed E-state index contributed by atoms with van der Waals surface area (Å²) >= 11 is 0. The molecule has 1 atom stereocenters.